The van der Waals surface area contributed by atoms with Crippen LogP contribution in [0.2, 0.25) is 13.1 Å². The molecule has 0 aromatic heterocycles. The van der Waals surface area contributed by atoms with Crippen molar-refractivity contribution in [3.8, 4) is 0 Å². The number of urea groups is 1. The van der Waals surface area contributed by atoms with Crippen LogP contribution in [0, 0.1) is 0 Å². The monoisotopic (exact) mass is 188 g/mol. The van der Waals surface area contributed by atoms with E-state index in [2.05, 4.69) is 5.32 Å². The van der Waals surface area contributed by atoms with Gasteiger partial charge in [-0.2, -0.15) is 0 Å². The van der Waals surface area contributed by atoms with E-state index in [-0.39, 0.29) is 11.7 Å². The summed E-state index contributed by atoms with van der Waals surface area (Å²) in [5.74, 6) is 0. The van der Waals surface area contributed by atoms with Gasteiger partial charge in [0.1, 0.15) is 0 Å². The van der Waals surface area contributed by atoms with Gasteiger partial charge in [-0.3, -0.25) is 0 Å². The first-order chi connectivity index (χ1) is 5.43. The number of amides is 2. The van der Waals surface area contributed by atoms with Crippen molar-refractivity contribution in [3.05, 3.63) is 0 Å². The summed E-state index contributed by atoms with van der Waals surface area (Å²) in [6, 6.07) is -0.0443. The van der Waals surface area contributed by atoms with Crippen LogP contribution in [-0.2, 0) is 0 Å². The van der Waals surface area contributed by atoms with Gasteiger partial charge in [0.15, 0.2) is 0 Å². The molecule has 12 heavy (non-hydrogen) atoms. The van der Waals surface area contributed by atoms with Gasteiger partial charge in [-0.1, -0.05) is 0 Å². The lowest BCUT2D eigenvalue weighted by atomic mass is 10.6. The van der Waals surface area contributed by atoms with Crippen LogP contribution in [0.1, 0.15) is 6.92 Å². The zero-order chi connectivity index (χ0) is 9.35. The smallest absolute Gasteiger partial charge is 0.317 e. The van der Waals surface area contributed by atoms with E-state index in [1.165, 1.54) is 0 Å². The Kier molecular flexibility index (Phi) is 2.43. The molecule has 2 N–H and O–H groups in total. The molecule has 0 bridgehead atoms. The van der Waals surface area contributed by atoms with E-state index >= 15 is 0 Å². The lowest BCUT2D eigenvalue weighted by Crippen LogP contribution is -2.52. The summed E-state index contributed by atoms with van der Waals surface area (Å²) in [5, 5.41) is 2.72. The zero-order valence-corrected chi connectivity index (χ0v) is 8.79. The van der Waals surface area contributed by atoms with Crippen molar-refractivity contribution < 1.29 is 9.59 Å². The maximum Gasteiger partial charge on any atom is 0.317 e. The van der Waals surface area contributed by atoms with Crippen molar-refractivity contribution in [3.63, 3.8) is 0 Å². The molecule has 1 atom stereocenters. The third-order valence-corrected chi connectivity index (χ3v) is 4.74. The molecule has 1 heterocycles. The SMILES string of the molecule is CC(N1CCNC1=O)[Si](C)(C)O. The summed E-state index contributed by atoms with van der Waals surface area (Å²) >= 11 is 0. The topological polar surface area (TPSA) is 52.6 Å². The fourth-order valence-electron chi connectivity index (χ4n) is 1.24. The molecule has 4 nitrogen and oxygen atoms in total. The van der Waals surface area contributed by atoms with Crippen LogP contribution in [0.15, 0.2) is 0 Å². The molecule has 0 saturated carbocycles. The maximum atomic E-state index is 11.2. The fourth-order valence-corrected chi connectivity index (χ4v) is 2.25. The first-order valence-corrected chi connectivity index (χ1v) is 7.22. The first-order valence-electron chi connectivity index (χ1n) is 4.20. The number of nitrogens with one attached hydrogen (secondary N) is 1. The Hall–Kier alpha value is -0.553. The van der Waals surface area contributed by atoms with Crippen LogP contribution in [0.25, 0.3) is 0 Å². The van der Waals surface area contributed by atoms with Crippen LogP contribution < -0.4 is 5.32 Å². The second kappa shape index (κ2) is 3.06. The lowest BCUT2D eigenvalue weighted by Gasteiger charge is -2.30. The quantitative estimate of drug-likeness (QED) is 0.606. The Morgan fingerprint density at radius 2 is 2.25 bits per heavy atom. The van der Waals surface area contributed by atoms with E-state index in [1.807, 2.05) is 20.0 Å². The summed E-state index contributed by atoms with van der Waals surface area (Å²) in [6.45, 7) is 7.04. The zero-order valence-electron chi connectivity index (χ0n) is 7.79. The molecule has 1 aliphatic heterocycles. The minimum Gasteiger partial charge on any atom is -0.430 e. The molecule has 5 heteroatoms. The van der Waals surface area contributed by atoms with Crippen molar-refractivity contribution >= 4 is 14.3 Å². The van der Waals surface area contributed by atoms with Gasteiger partial charge in [-0.05, 0) is 20.0 Å². The minimum absolute atomic E-state index is 0.000000000000000222. The highest BCUT2D eigenvalue weighted by molar-refractivity contribution is 6.71. The normalized spacial score (nSPS) is 21.0. The van der Waals surface area contributed by atoms with E-state index < -0.39 is 8.32 Å². The van der Waals surface area contributed by atoms with Crippen LogP contribution in [-0.4, -0.2) is 42.8 Å². The van der Waals surface area contributed by atoms with Crippen LogP contribution in [0.4, 0.5) is 4.79 Å². The highest BCUT2D eigenvalue weighted by Gasteiger charge is 2.35. The molecule has 2 amide bonds. The molecule has 0 aromatic rings. The van der Waals surface area contributed by atoms with Crippen LogP contribution >= 0.6 is 0 Å². The second-order valence-electron chi connectivity index (χ2n) is 3.75. The molecule has 0 aliphatic carbocycles. The Morgan fingerprint density at radius 3 is 2.58 bits per heavy atom. The average Bonchev–Trinajstić information content (AvgIpc) is 2.31. The maximum absolute atomic E-state index is 11.2. The van der Waals surface area contributed by atoms with Crippen molar-refractivity contribution in [1.82, 2.24) is 10.2 Å². The van der Waals surface area contributed by atoms with E-state index in [4.69, 9.17) is 0 Å². The third kappa shape index (κ3) is 1.78. The Balaban J connectivity index is 2.63. The number of nitrogens with zero attached hydrogens (tertiary/aromatic N) is 1. The van der Waals surface area contributed by atoms with Crippen molar-refractivity contribution in [2.45, 2.75) is 25.7 Å². The Bertz CT molecular complexity index is 190. The van der Waals surface area contributed by atoms with Gasteiger partial charge in [-0.15, -0.1) is 0 Å². The predicted molar refractivity (Wildman–Crippen MR) is 49.3 cm³/mol. The average molecular weight is 188 g/mol. The molecular weight excluding hydrogens is 172 g/mol. The molecule has 1 saturated heterocycles. The number of carbonyl (C=O) groups excluding carboxylic acids is 1. The van der Waals surface area contributed by atoms with Crippen molar-refractivity contribution in [1.29, 1.82) is 0 Å². The molecular formula is C7H16N2O2Si. The third-order valence-electron chi connectivity index (χ3n) is 2.38. The van der Waals surface area contributed by atoms with Crippen LogP contribution in [0.5, 0.6) is 0 Å². The van der Waals surface area contributed by atoms with E-state index in [1.54, 1.807) is 4.90 Å². The summed E-state index contributed by atoms with van der Waals surface area (Å²) in [7, 11) is -2.20. The molecule has 1 unspecified atom stereocenters. The fraction of sp³-hybridized carbons (Fsp3) is 0.857. The largest absolute Gasteiger partial charge is 0.430 e. The van der Waals surface area contributed by atoms with Crippen molar-refractivity contribution in [2.75, 3.05) is 13.1 Å². The van der Waals surface area contributed by atoms with E-state index in [0.717, 1.165) is 6.54 Å². The van der Waals surface area contributed by atoms with Crippen molar-refractivity contribution in [2.24, 2.45) is 0 Å². The van der Waals surface area contributed by atoms with Gasteiger partial charge in [0.25, 0.3) is 0 Å². The molecule has 0 aromatic carbocycles. The van der Waals surface area contributed by atoms with Gasteiger partial charge in [0.05, 0.1) is 0 Å². The standard InChI is InChI=1S/C7H16N2O2Si/c1-6(12(2,3)11)9-5-4-8-7(9)10/h6,11H,4-5H2,1-3H3,(H,8,10). The highest BCUT2D eigenvalue weighted by atomic mass is 28.4. The van der Waals surface area contributed by atoms with Gasteiger partial charge in [-0.25, -0.2) is 4.79 Å². The first kappa shape index (κ1) is 9.53. The number of rotatable bonds is 2. The Morgan fingerprint density at radius 1 is 1.67 bits per heavy atom. The van der Waals surface area contributed by atoms with Gasteiger partial charge < -0.3 is 15.0 Å². The Labute approximate surface area is 73.7 Å². The number of hydrogen-bond donors (Lipinski definition) is 2. The molecule has 1 aliphatic rings. The predicted octanol–water partition coefficient (Wildman–Crippen LogP) is 0.137. The summed E-state index contributed by atoms with van der Waals surface area (Å²) in [5.41, 5.74) is -0.000000000000000222. The molecule has 1 rings (SSSR count). The van der Waals surface area contributed by atoms with Gasteiger partial charge in [0, 0.05) is 18.8 Å². The minimum atomic E-state index is -2.20. The molecule has 0 radical (unpaired) electrons. The second-order valence-corrected chi connectivity index (χ2v) is 7.90. The summed E-state index contributed by atoms with van der Waals surface area (Å²) in [6.07, 6.45) is 0. The highest BCUT2D eigenvalue weighted by Crippen LogP contribution is 2.13. The number of hydrogen-bond acceptors (Lipinski definition) is 2. The lowest BCUT2D eigenvalue weighted by molar-refractivity contribution is 0.210. The molecule has 1 fully saturated rings. The molecule has 0 spiro atoms. The van der Waals surface area contributed by atoms with Crippen LogP contribution in [0.3, 0.4) is 0 Å². The molecule has 70 valence electrons. The summed E-state index contributed by atoms with van der Waals surface area (Å²) < 4.78 is 0. The van der Waals surface area contributed by atoms with Gasteiger partial charge in [0.2, 0.25) is 8.32 Å². The number of carbonyl (C=O) groups is 1. The summed E-state index contributed by atoms with van der Waals surface area (Å²) in [4.78, 5) is 22.7. The van der Waals surface area contributed by atoms with Gasteiger partial charge >= 0.3 is 6.03 Å². The van der Waals surface area contributed by atoms with E-state index in [0.29, 0.717) is 6.54 Å². The van der Waals surface area contributed by atoms with E-state index in [9.17, 15) is 9.59 Å².